The van der Waals surface area contributed by atoms with Crippen molar-refractivity contribution in [1.82, 2.24) is 5.32 Å². The minimum absolute atomic E-state index is 0.171. The van der Waals surface area contributed by atoms with E-state index in [1.807, 2.05) is 0 Å². The van der Waals surface area contributed by atoms with Crippen molar-refractivity contribution in [1.29, 1.82) is 0 Å². The van der Waals surface area contributed by atoms with Crippen LogP contribution in [0.1, 0.15) is 18.7 Å². The van der Waals surface area contributed by atoms with Crippen molar-refractivity contribution in [3.63, 3.8) is 0 Å². The number of hydrogen-bond donors (Lipinski definition) is 2. The third-order valence-electron chi connectivity index (χ3n) is 2.24. The molecule has 1 aromatic heterocycles. The zero-order chi connectivity index (χ0) is 11.4. The lowest BCUT2D eigenvalue weighted by atomic mass is 10.1. The Morgan fingerprint density at radius 1 is 1.47 bits per heavy atom. The molecule has 5 heteroatoms. The van der Waals surface area contributed by atoms with Crippen LogP contribution in [0.5, 0.6) is 0 Å². The molecule has 0 radical (unpaired) electrons. The molecule has 0 amide bonds. The molecule has 0 aromatic carbocycles. The first-order valence-electron chi connectivity index (χ1n) is 4.82. The minimum atomic E-state index is 0.171. The Balaban J connectivity index is 2.49. The molecule has 0 aliphatic rings. The predicted molar refractivity (Wildman–Crippen MR) is 72.3 cm³/mol. The number of rotatable bonds is 5. The fourth-order valence-electron chi connectivity index (χ4n) is 1.22. The second kappa shape index (κ2) is 6.35. The monoisotopic (exact) mass is 355 g/mol. The molecule has 2 nitrogen and oxygen atoms in total. The molecule has 0 aliphatic carbocycles. The Morgan fingerprint density at radius 3 is 2.53 bits per heavy atom. The summed E-state index contributed by atoms with van der Waals surface area (Å²) in [7, 11) is 0. The number of aliphatic hydroxyl groups is 1. The molecule has 0 bridgehead atoms. The first-order valence-corrected chi connectivity index (χ1v) is 7.22. The van der Waals surface area contributed by atoms with Crippen LogP contribution in [-0.2, 0) is 6.54 Å². The van der Waals surface area contributed by atoms with Crippen LogP contribution in [0.2, 0.25) is 0 Å². The largest absolute Gasteiger partial charge is 0.395 e. The van der Waals surface area contributed by atoms with E-state index in [9.17, 15) is 0 Å². The van der Waals surface area contributed by atoms with Gasteiger partial charge in [0.25, 0.3) is 0 Å². The first kappa shape index (κ1) is 13.6. The van der Waals surface area contributed by atoms with Crippen LogP contribution in [0, 0.1) is 5.92 Å². The van der Waals surface area contributed by atoms with Crippen LogP contribution in [0.25, 0.3) is 0 Å². The lowest BCUT2D eigenvalue weighted by molar-refractivity contribution is 0.210. The summed E-state index contributed by atoms with van der Waals surface area (Å²) in [6, 6.07) is 2.26. The number of thiophene rings is 1. The van der Waals surface area contributed by atoms with Crippen molar-refractivity contribution in [3.8, 4) is 0 Å². The summed E-state index contributed by atoms with van der Waals surface area (Å²) in [5.74, 6) is 0.446. The van der Waals surface area contributed by atoms with Crippen LogP contribution >= 0.6 is 43.2 Å². The van der Waals surface area contributed by atoms with Crippen molar-refractivity contribution in [2.45, 2.75) is 26.4 Å². The van der Waals surface area contributed by atoms with E-state index in [2.05, 4.69) is 57.1 Å². The molecule has 1 rings (SSSR count). The molecule has 1 heterocycles. The number of hydrogen-bond acceptors (Lipinski definition) is 3. The molecular formula is C10H15Br2NOS. The number of aliphatic hydroxyl groups excluding tert-OH is 1. The van der Waals surface area contributed by atoms with Gasteiger partial charge in [0.2, 0.25) is 0 Å². The minimum Gasteiger partial charge on any atom is -0.395 e. The molecule has 0 saturated carbocycles. The Labute approximate surface area is 111 Å². The maximum absolute atomic E-state index is 9.16. The molecule has 0 saturated heterocycles. The van der Waals surface area contributed by atoms with Crippen LogP contribution < -0.4 is 5.32 Å². The van der Waals surface area contributed by atoms with Crippen LogP contribution in [-0.4, -0.2) is 17.8 Å². The average Bonchev–Trinajstić information content (AvgIpc) is 2.47. The lowest BCUT2D eigenvalue weighted by Gasteiger charge is -2.19. The van der Waals surface area contributed by atoms with Gasteiger partial charge in [-0.25, -0.2) is 0 Å². The van der Waals surface area contributed by atoms with Gasteiger partial charge in [0, 0.05) is 21.9 Å². The Kier molecular flexibility index (Phi) is 5.77. The topological polar surface area (TPSA) is 32.3 Å². The number of halogens is 2. The summed E-state index contributed by atoms with van der Waals surface area (Å²) < 4.78 is 2.21. The van der Waals surface area contributed by atoms with E-state index in [4.69, 9.17) is 5.11 Å². The summed E-state index contributed by atoms with van der Waals surface area (Å²) in [6.07, 6.45) is 0. The van der Waals surface area contributed by atoms with Gasteiger partial charge >= 0.3 is 0 Å². The second-order valence-corrected chi connectivity index (χ2v) is 7.06. The van der Waals surface area contributed by atoms with E-state index >= 15 is 0 Å². The summed E-state index contributed by atoms with van der Waals surface area (Å²) in [5.41, 5.74) is 0. The third kappa shape index (κ3) is 4.15. The maximum atomic E-state index is 9.16. The van der Waals surface area contributed by atoms with Crippen molar-refractivity contribution >= 4 is 43.2 Å². The Morgan fingerprint density at radius 2 is 2.13 bits per heavy atom. The Bertz CT molecular complexity index is 295. The summed E-state index contributed by atoms with van der Waals surface area (Å²) in [5, 5.41) is 12.5. The SMILES string of the molecule is CC(C)C(CO)NCc1cc(Br)c(Br)s1. The predicted octanol–water partition coefficient (Wildman–Crippen LogP) is 3.38. The molecule has 0 spiro atoms. The van der Waals surface area contributed by atoms with Crippen LogP contribution in [0.3, 0.4) is 0 Å². The van der Waals surface area contributed by atoms with Crippen molar-refractivity contribution in [2.75, 3.05) is 6.61 Å². The molecular weight excluding hydrogens is 342 g/mol. The van der Waals surface area contributed by atoms with E-state index in [0.29, 0.717) is 5.92 Å². The summed E-state index contributed by atoms with van der Waals surface area (Å²) >= 11 is 8.62. The van der Waals surface area contributed by atoms with Gasteiger partial charge in [-0.1, -0.05) is 13.8 Å². The second-order valence-electron chi connectivity index (χ2n) is 3.75. The molecule has 15 heavy (non-hydrogen) atoms. The molecule has 1 aromatic rings. The molecule has 1 unspecified atom stereocenters. The third-order valence-corrected chi connectivity index (χ3v) is 5.49. The van der Waals surface area contributed by atoms with Crippen molar-refractivity contribution < 1.29 is 5.11 Å². The van der Waals surface area contributed by atoms with Gasteiger partial charge < -0.3 is 10.4 Å². The lowest BCUT2D eigenvalue weighted by Crippen LogP contribution is -2.36. The molecule has 86 valence electrons. The molecule has 0 fully saturated rings. The highest BCUT2D eigenvalue weighted by Crippen LogP contribution is 2.32. The fraction of sp³-hybridized carbons (Fsp3) is 0.600. The van der Waals surface area contributed by atoms with Gasteiger partial charge in [-0.3, -0.25) is 0 Å². The van der Waals surface area contributed by atoms with Crippen LogP contribution in [0.15, 0.2) is 14.3 Å². The van der Waals surface area contributed by atoms with Gasteiger partial charge in [0.05, 0.1) is 10.4 Å². The molecule has 2 N–H and O–H groups in total. The standard InChI is InChI=1S/C10H15Br2NOS/c1-6(2)9(5-14)13-4-7-3-8(11)10(12)15-7/h3,6,9,13-14H,4-5H2,1-2H3. The maximum Gasteiger partial charge on any atom is 0.0843 e. The van der Waals surface area contributed by atoms with E-state index in [1.165, 1.54) is 4.88 Å². The van der Waals surface area contributed by atoms with E-state index in [0.717, 1.165) is 14.8 Å². The number of nitrogens with one attached hydrogen (secondary N) is 1. The van der Waals surface area contributed by atoms with E-state index in [1.54, 1.807) is 11.3 Å². The summed E-state index contributed by atoms with van der Waals surface area (Å²) in [6.45, 7) is 5.20. The highest BCUT2D eigenvalue weighted by molar-refractivity contribution is 9.13. The van der Waals surface area contributed by atoms with E-state index in [-0.39, 0.29) is 12.6 Å². The normalized spacial score (nSPS) is 13.5. The Hall–Kier alpha value is 0.580. The zero-order valence-electron chi connectivity index (χ0n) is 8.76. The smallest absolute Gasteiger partial charge is 0.0843 e. The van der Waals surface area contributed by atoms with Gasteiger partial charge in [-0.15, -0.1) is 11.3 Å². The fourth-order valence-corrected chi connectivity index (χ4v) is 3.35. The van der Waals surface area contributed by atoms with Gasteiger partial charge in [0.15, 0.2) is 0 Å². The van der Waals surface area contributed by atoms with Crippen molar-refractivity contribution in [2.24, 2.45) is 5.92 Å². The van der Waals surface area contributed by atoms with Crippen LogP contribution in [0.4, 0.5) is 0 Å². The average molecular weight is 357 g/mol. The van der Waals surface area contributed by atoms with Gasteiger partial charge in [0.1, 0.15) is 0 Å². The molecule has 1 atom stereocenters. The zero-order valence-corrected chi connectivity index (χ0v) is 12.7. The first-order chi connectivity index (χ1) is 7.04. The van der Waals surface area contributed by atoms with E-state index < -0.39 is 0 Å². The van der Waals surface area contributed by atoms with Gasteiger partial charge in [-0.2, -0.15) is 0 Å². The van der Waals surface area contributed by atoms with Gasteiger partial charge in [-0.05, 0) is 43.8 Å². The summed E-state index contributed by atoms with van der Waals surface area (Å²) in [4.78, 5) is 1.26. The quantitative estimate of drug-likeness (QED) is 0.847. The highest BCUT2D eigenvalue weighted by atomic mass is 79.9. The molecule has 0 aliphatic heterocycles. The highest BCUT2D eigenvalue weighted by Gasteiger charge is 2.12. The van der Waals surface area contributed by atoms with Crippen molar-refractivity contribution in [3.05, 3.63) is 19.2 Å².